The van der Waals surface area contributed by atoms with Crippen LogP contribution in [0, 0.1) is 34.5 Å². The van der Waals surface area contributed by atoms with E-state index in [2.05, 4.69) is 12.2 Å². The molecule has 55 heavy (non-hydrogen) atoms. The van der Waals surface area contributed by atoms with Crippen LogP contribution in [0.1, 0.15) is 112 Å². The van der Waals surface area contributed by atoms with Crippen molar-refractivity contribution in [3.05, 3.63) is 23.8 Å². The number of phosphoric ester groups is 2. The Morgan fingerprint density at radius 2 is 1.80 bits per heavy atom. The van der Waals surface area contributed by atoms with Gasteiger partial charge in [0.15, 0.2) is 23.6 Å². The van der Waals surface area contributed by atoms with Crippen molar-refractivity contribution in [1.29, 1.82) is 0 Å². The number of allylic oxidation sites excluding steroid dienone is 4. The quantitative estimate of drug-likeness (QED) is 0.0766. The number of aliphatic hydroxyl groups excluding tert-OH is 1. The maximum Gasteiger partial charge on any atom is 0.481 e. The molecule has 4 fully saturated rings. The molecule has 17 heteroatoms. The number of hydrogen-bond acceptors (Lipinski definition) is 12. The molecule has 5 aliphatic rings. The van der Waals surface area contributed by atoms with Crippen molar-refractivity contribution in [2.24, 2.45) is 34.5 Å². The number of hydrogen-bond donors (Lipinski definition) is 4. The summed E-state index contributed by atoms with van der Waals surface area (Å²) in [6.07, 6.45) is 12.1. The van der Waals surface area contributed by atoms with Gasteiger partial charge < -0.3 is 34.4 Å². The molecule has 1 spiro atoms. The van der Waals surface area contributed by atoms with Gasteiger partial charge in [-0.25, -0.2) is 9.13 Å². The molecule has 0 radical (unpaired) electrons. The molecule has 4 unspecified atom stereocenters. The molecule has 0 aromatic heterocycles. The average Bonchev–Trinajstić information content (AvgIpc) is 3.37. The van der Waals surface area contributed by atoms with Gasteiger partial charge in [0.05, 0.1) is 24.7 Å². The molecule has 1 aliphatic heterocycles. The maximum atomic E-state index is 13.7. The van der Waals surface area contributed by atoms with E-state index in [4.69, 9.17) is 27.6 Å². The molecule has 1 amide bonds. The summed E-state index contributed by atoms with van der Waals surface area (Å²) in [4.78, 5) is 59.9. The smallest absolute Gasteiger partial charge is 0.389 e. The van der Waals surface area contributed by atoms with Crippen LogP contribution < -0.4 is 5.32 Å². The standard InChI is InChI=1S/C38H61NO14P2/c1-6-9-10-11-13-27(8-3)48-24-32(43)39-18-19-49-54(44,45)53-55(46,47)52-31-22-37(5)29(21-38(35(37)30(42)23-40)50-33(51-38)12-7-2)28-15-14-25-20-26(41)16-17-36(25,4)34(28)31/h16-17,20,27-29,31,33-35,40H,6-15,18-19,21-24H2,1-5H3,(H,39,43)(H,44,45)(H,46,47)/t27?,28-,29-,31-,33?,34+,35?,36-,37-,38?/m0/s1. The maximum absolute atomic E-state index is 13.7. The molecule has 0 aromatic rings. The number of nitrogens with one attached hydrogen (secondary N) is 1. The van der Waals surface area contributed by atoms with Crippen molar-refractivity contribution < 1.29 is 66.0 Å². The van der Waals surface area contributed by atoms with E-state index >= 15 is 0 Å². The number of ether oxygens (including phenoxy) is 3. The molecular weight excluding hydrogens is 756 g/mol. The fourth-order valence-corrected chi connectivity index (χ4v) is 12.6. The molecule has 3 saturated carbocycles. The minimum absolute atomic E-state index is 0.0169. The number of ketones is 2. The van der Waals surface area contributed by atoms with E-state index in [1.54, 1.807) is 12.2 Å². The van der Waals surface area contributed by atoms with Gasteiger partial charge in [0.1, 0.15) is 13.2 Å². The third kappa shape index (κ3) is 9.82. The normalized spacial score (nSPS) is 36.4. The van der Waals surface area contributed by atoms with Crippen LogP contribution in [0.15, 0.2) is 23.8 Å². The van der Waals surface area contributed by atoms with Gasteiger partial charge in [0.2, 0.25) is 5.91 Å². The van der Waals surface area contributed by atoms with Gasteiger partial charge in [-0.05, 0) is 67.9 Å². The molecule has 1 saturated heterocycles. The number of rotatable bonds is 21. The Morgan fingerprint density at radius 1 is 1.05 bits per heavy atom. The number of carbonyl (C=O) groups is 3. The third-order valence-electron chi connectivity index (χ3n) is 12.6. The molecular formula is C38H61NO14P2. The lowest BCUT2D eigenvalue weighted by molar-refractivity contribution is -0.462. The second kappa shape index (κ2) is 18.1. The first kappa shape index (κ1) is 44.5. The van der Waals surface area contributed by atoms with Crippen molar-refractivity contribution in [3.63, 3.8) is 0 Å². The number of fused-ring (bicyclic) bond motifs is 5. The summed E-state index contributed by atoms with van der Waals surface area (Å²) in [7, 11) is -10.6. The van der Waals surface area contributed by atoms with Crippen LogP contribution in [-0.2, 0) is 51.1 Å². The Balaban J connectivity index is 1.27. The van der Waals surface area contributed by atoms with Gasteiger partial charge in [-0.2, -0.15) is 4.31 Å². The first-order valence-corrected chi connectivity index (χ1v) is 23.0. The Labute approximate surface area is 324 Å². The van der Waals surface area contributed by atoms with E-state index in [1.807, 2.05) is 27.7 Å². The van der Waals surface area contributed by atoms with Gasteiger partial charge in [0, 0.05) is 24.3 Å². The molecule has 4 N–H and O–H groups in total. The monoisotopic (exact) mass is 817 g/mol. The van der Waals surface area contributed by atoms with Crippen LogP contribution in [-0.4, -0.2) is 83.0 Å². The number of unbranched alkanes of at least 4 members (excludes halogenated alkanes) is 3. The molecule has 4 aliphatic carbocycles. The number of aliphatic hydroxyl groups is 1. The summed E-state index contributed by atoms with van der Waals surface area (Å²) in [5.41, 5.74) is -0.903. The molecule has 312 valence electrons. The summed E-state index contributed by atoms with van der Waals surface area (Å²) < 4.78 is 60.7. The Hall–Kier alpha value is -1.61. The lowest BCUT2D eigenvalue weighted by atomic mass is 9.46. The average molecular weight is 818 g/mol. The summed E-state index contributed by atoms with van der Waals surface area (Å²) >= 11 is 0. The van der Waals surface area contributed by atoms with E-state index < -0.39 is 81.4 Å². The molecule has 0 bridgehead atoms. The second-order valence-electron chi connectivity index (χ2n) is 16.3. The summed E-state index contributed by atoms with van der Waals surface area (Å²) in [5.74, 6) is -4.25. The van der Waals surface area contributed by atoms with Gasteiger partial charge in [-0.15, -0.1) is 0 Å². The Bertz CT molecular complexity index is 1560. The zero-order valence-electron chi connectivity index (χ0n) is 32.8. The number of phosphoric acid groups is 2. The Kier molecular flexibility index (Phi) is 14.7. The van der Waals surface area contributed by atoms with E-state index in [0.717, 1.165) is 50.5 Å². The summed E-state index contributed by atoms with van der Waals surface area (Å²) in [6, 6.07) is 0. The SMILES string of the molecule is CCCCCCC(CC)OCC(=O)NCCOP(=O)(O)OP(=O)(O)O[C@H]1C[C@]2(C)C(C(=O)CO)C3(C[C@H]2[C@@H]2CCC4=CC(=O)C=C[C@]4(C)[C@H]21)OC(CCC)O3. The van der Waals surface area contributed by atoms with Crippen LogP contribution in [0.5, 0.6) is 0 Å². The molecule has 1 heterocycles. The first-order chi connectivity index (χ1) is 26.0. The second-order valence-corrected chi connectivity index (χ2v) is 19.3. The fourth-order valence-electron chi connectivity index (χ4n) is 10.3. The highest BCUT2D eigenvalue weighted by Gasteiger charge is 2.74. The highest BCUT2D eigenvalue weighted by atomic mass is 31.3. The predicted octanol–water partition coefficient (Wildman–Crippen LogP) is 6.06. The van der Waals surface area contributed by atoms with E-state index in [9.17, 15) is 38.4 Å². The summed E-state index contributed by atoms with van der Waals surface area (Å²) in [6.45, 7) is 8.27. The van der Waals surface area contributed by atoms with Crippen molar-refractivity contribution >= 4 is 33.1 Å². The van der Waals surface area contributed by atoms with Crippen molar-refractivity contribution in [2.45, 2.75) is 136 Å². The minimum atomic E-state index is -5.36. The van der Waals surface area contributed by atoms with Crippen LogP contribution in [0.25, 0.3) is 0 Å². The molecule has 5 rings (SSSR count). The van der Waals surface area contributed by atoms with Crippen LogP contribution in [0.4, 0.5) is 0 Å². The van der Waals surface area contributed by atoms with Crippen LogP contribution in [0.2, 0.25) is 0 Å². The zero-order valence-corrected chi connectivity index (χ0v) is 34.6. The highest BCUT2D eigenvalue weighted by Crippen LogP contribution is 2.72. The van der Waals surface area contributed by atoms with E-state index in [1.165, 1.54) is 6.08 Å². The summed E-state index contributed by atoms with van der Waals surface area (Å²) in [5, 5.41) is 12.7. The highest BCUT2D eigenvalue weighted by molar-refractivity contribution is 7.61. The van der Waals surface area contributed by atoms with Gasteiger partial charge in [-0.3, -0.25) is 23.4 Å². The van der Waals surface area contributed by atoms with Crippen molar-refractivity contribution in [3.8, 4) is 0 Å². The number of Topliss-reactive ketones (excluding diaryl/α,β-unsaturated/α-hetero) is 1. The molecule has 15 nitrogen and oxygen atoms in total. The van der Waals surface area contributed by atoms with Crippen LogP contribution in [0.3, 0.4) is 0 Å². The van der Waals surface area contributed by atoms with Gasteiger partial charge >= 0.3 is 15.6 Å². The van der Waals surface area contributed by atoms with Crippen molar-refractivity contribution in [1.82, 2.24) is 5.32 Å². The first-order valence-electron chi connectivity index (χ1n) is 20.0. The van der Waals surface area contributed by atoms with E-state index in [-0.39, 0.29) is 43.3 Å². The lowest BCUT2D eigenvalue weighted by Crippen LogP contribution is -2.61. The number of amides is 1. The Morgan fingerprint density at radius 3 is 2.47 bits per heavy atom. The predicted molar refractivity (Wildman–Crippen MR) is 200 cm³/mol. The number of carbonyl (C=O) groups excluding carboxylic acids is 3. The lowest BCUT2D eigenvalue weighted by Gasteiger charge is -2.59. The van der Waals surface area contributed by atoms with Crippen molar-refractivity contribution in [2.75, 3.05) is 26.4 Å². The molecule has 0 aromatic carbocycles. The largest absolute Gasteiger partial charge is 0.481 e. The third-order valence-corrected chi connectivity index (χ3v) is 15.3. The fraction of sp³-hybridized carbons (Fsp3) is 0.816. The zero-order chi connectivity index (χ0) is 40.2. The van der Waals surface area contributed by atoms with Crippen LogP contribution >= 0.6 is 15.6 Å². The molecule has 10 atom stereocenters. The van der Waals surface area contributed by atoms with E-state index in [0.29, 0.717) is 25.7 Å². The minimum Gasteiger partial charge on any atom is -0.389 e. The van der Waals surface area contributed by atoms with Gasteiger partial charge in [-0.1, -0.05) is 78.4 Å². The van der Waals surface area contributed by atoms with Gasteiger partial charge in [0.25, 0.3) is 0 Å². The topological polar surface area (TPSA) is 213 Å².